The second-order valence-corrected chi connectivity index (χ2v) is 7.21. The molecule has 2 heterocycles. The molecule has 5 nitrogen and oxygen atoms in total. The van der Waals surface area contributed by atoms with Gasteiger partial charge >= 0.3 is 0 Å². The maximum atomic E-state index is 12.5. The molecule has 3 aromatic rings. The largest absolute Gasteiger partial charge is 0.302 e. The van der Waals surface area contributed by atoms with Crippen molar-refractivity contribution in [1.82, 2.24) is 9.38 Å². The van der Waals surface area contributed by atoms with E-state index < -0.39 is 10.0 Å². The highest BCUT2D eigenvalue weighted by molar-refractivity contribution is 7.92. The highest BCUT2D eigenvalue weighted by atomic mass is 32.2. The van der Waals surface area contributed by atoms with Crippen molar-refractivity contribution in [2.24, 2.45) is 0 Å². The number of imidazole rings is 1. The van der Waals surface area contributed by atoms with Crippen molar-refractivity contribution >= 4 is 21.4 Å². The summed E-state index contributed by atoms with van der Waals surface area (Å²) in [4.78, 5) is 4.67. The number of sulfonamides is 1. The number of hydrogen-bond acceptors (Lipinski definition) is 3. The summed E-state index contributed by atoms with van der Waals surface area (Å²) >= 11 is 0. The van der Waals surface area contributed by atoms with Gasteiger partial charge in [0.05, 0.1) is 16.3 Å². The molecule has 0 aliphatic heterocycles. The Bertz CT molecular complexity index is 957. The Morgan fingerprint density at radius 1 is 1.09 bits per heavy atom. The summed E-state index contributed by atoms with van der Waals surface area (Å²) in [7, 11) is -3.60. The van der Waals surface area contributed by atoms with Gasteiger partial charge in [-0.3, -0.25) is 4.72 Å². The Labute approximate surface area is 136 Å². The van der Waals surface area contributed by atoms with Crippen LogP contribution in [0.25, 0.3) is 5.65 Å². The van der Waals surface area contributed by atoms with E-state index in [1.807, 2.05) is 37.3 Å². The van der Waals surface area contributed by atoms with Crippen LogP contribution >= 0.6 is 0 Å². The molecule has 0 saturated carbocycles. The third-order valence-corrected chi connectivity index (χ3v) is 5.39. The first kappa shape index (κ1) is 15.6. The van der Waals surface area contributed by atoms with Crippen LogP contribution in [-0.4, -0.2) is 17.8 Å². The summed E-state index contributed by atoms with van der Waals surface area (Å²) < 4.78 is 29.5. The van der Waals surface area contributed by atoms with Gasteiger partial charge in [0, 0.05) is 11.9 Å². The zero-order chi connectivity index (χ0) is 16.6. The third-order valence-electron chi connectivity index (χ3n) is 3.99. The average molecular weight is 329 g/mol. The lowest BCUT2D eigenvalue weighted by atomic mass is 10.2. The van der Waals surface area contributed by atoms with Gasteiger partial charge in [0.2, 0.25) is 0 Å². The van der Waals surface area contributed by atoms with Crippen molar-refractivity contribution in [3.63, 3.8) is 0 Å². The summed E-state index contributed by atoms with van der Waals surface area (Å²) in [5, 5.41) is 0. The first-order chi connectivity index (χ1) is 10.9. The van der Waals surface area contributed by atoms with Crippen molar-refractivity contribution in [2.45, 2.75) is 32.1 Å². The number of rotatable bonds is 4. The SMILES string of the molecule is CCc1ccc(S(=O)(=O)Nc2ccc3nc(C)c(C)n3c2)cc1. The van der Waals surface area contributed by atoms with Crippen molar-refractivity contribution < 1.29 is 8.42 Å². The summed E-state index contributed by atoms with van der Waals surface area (Å²) in [5.74, 6) is 0. The molecule has 0 saturated heterocycles. The molecule has 23 heavy (non-hydrogen) atoms. The number of anilines is 1. The first-order valence-electron chi connectivity index (χ1n) is 7.48. The second-order valence-electron chi connectivity index (χ2n) is 5.53. The van der Waals surface area contributed by atoms with Crippen molar-refractivity contribution in [1.29, 1.82) is 0 Å². The summed E-state index contributed by atoms with van der Waals surface area (Å²) in [6.07, 6.45) is 2.63. The van der Waals surface area contributed by atoms with Crippen LogP contribution < -0.4 is 4.72 Å². The van der Waals surface area contributed by atoms with E-state index in [4.69, 9.17) is 0 Å². The standard InChI is InChI=1S/C17H19N3O2S/c1-4-14-5-8-16(9-6-14)23(21,22)19-15-7-10-17-18-12(2)13(3)20(17)11-15/h5-11,19H,4H2,1-3H3. The summed E-state index contributed by atoms with van der Waals surface area (Å²) in [6, 6.07) is 10.5. The molecule has 6 heteroatoms. The Morgan fingerprint density at radius 3 is 2.43 bits per heavy atom. The second kappa shape index (κ2) is 5.70. The lowest BCUT2D eigenvalue weighted by Gasteiger charge is -2.09. The van der Waals surface area contributed by atoms with Gasteiger partial charge in [-0.2, -0.15) is 0 Å². The minimum atomic E-state index is -3.60. The molecular weight excluding hydrogens is 310 g/mol. The number of hydrogen-bond donors (Lipinski definition) is 1. The summed E-state index contributed by atoms with van der Waals surface area (Å²) in [5.41, 5.74) is 4.34. The zero-order valence-electron chi connectivity index (χ0n) is 13.4. The molecule has 3 rings (SSSR count). The number of nitrogens with one attached hydrogen (secondary N) is 1. The molecule has 0 amide bonds. The van der Waals surface area contributed by atoms with Crippen LogP contribution in [0.4, 0.5) is 5.69 Å². The van der Waals surface area contributed by atoms with Gasteiger partial charge in [0.25, 0.3) is 10.0 Å². The molecule has 0 aliphatic carbocycles. The van der Waals surface area contributed by atoms with Gasteiger partial charge in [-0.25, -0.2) is 13.4 Å². The van der Waals surface area contributed by atoms with Crippen LogP contribution in [0, 0.1) is 13.8 Å². The topological polar surface area (TPSA) is 63.5 Å². The van der Waals surface area contributed by atoms with E-state index in [1.54, 1.807) is 30.5 Å². The molecule has 0 fully saturated rings. The lowest BCUT2D eigenvalue weighted by Crippen LogP contribution is -2.13. The van der Waals surface area contributed by atoms with Crippen LogP contribution in [0.3, 0.4) is 0 Å². The van der Waals surface area contributed by atoms with E-state index in [0.29, 0.717) is 5.69 Å². The van der Waals surface area contributed by atoms with E-state index >= 15 is 0 Å². The van der Waals surface area contributed by atoms with E-state index in [0.717, 1.165) is 29.0 Å². The molecule has 2 aromatic heterocycles. The van der Waals surface area contributed by atoms with Crippen molar-refractivity contribution in [3.8, 4) is 0 Å². The van der Waals surface area contributed by atoms with Gasteiger partial charge in [-0.15, -0.1) is 0 Å². The van der Waals surface area contributed by atoms with Crippen LogP contribution in [0.1, 0.15) is 23.9 Å². The number of nitrogens with zero attached hydrogens (tertiary/aromatic N) is 2. The van der Waals surface area contributed by atoms with Gasteiger partial charge in [-0.1, -0.05) is 19.1 Å². The molecule has 0 bridgehead atoms. The maximum Gasteiger partial charge on any atom is 0.261 e. The predicted molar refractivity (Wildman–Crippen MR) is 91.3 cm³/mol. The van der Waals surface area contributed by atoms with Gasteiger partial charge in [0.1, 0.15) is 5.65 Å². The number of fused-ring (bicyclic) bond motifs is 1. The normalized spacial score (nSPS) is 11.8. The smallest absolute Gasteiger partial charge is 0.261 e. The van der Waals surface area contributed by atoms with Crippen LogP contribution in [-0.2, 0) is 16.4 Å². The minimum Gasteiger partial charge on any atom is -0.302 e. The maximum absolute atomic E-state index is 12.5. The van der Waals surface area contributed by atoms with Crippen LogP contribution in [0.2, 0.25) is 0 Å². The van der Waals surface area contributed by atoms with Gasteiger partial charge in [-0.05, 0) is 50.1 Å². The monoisotopic (exact) mass is 329 g/mol. The van der Waals surface area contributed by atoms with E-state index in [1.165, 1.54) is 0 Å². The fourth-order valence-corrected chi connectivity index (χ4v) is 3.50. The van der Waals surface area contributed by atoms with Gasteiger partial charge in [0.15, 0.2) is 0 Å². The molecule has 0 atom stereocenters. The lowest BCUT2D eigenvalue weighted by molar-refractivity contribution is 0.601. The van der Waals surface area contributed by atoms with E-state index in [9.17, 15) is 8.42 Å². The number of benzene rings is 1. The van der Waals surface area contributed by atoms with Crippen molar-refractivity contribution in [3.05, 3.63) is 59.5 Å². The molecule has 120 valence electrons. The fourth-order valence-electron chi connectivity index (χ4n) is 2.46. The molecule has 0 aliphatic rings. The van der Waals surface area contributed by atoms with E-state index in [2.05, 4.69) is 9.71 Å². The number of pyridine rings is 1. The average Bonchev–Trinajstić information content (AvgIpc) is 2.82. The van der Waals surface area contributed by atoms with E-state index in [-0.39, 0.29) is 4.90 Å². The highest BCUT2D eigenvalue weighted by Crippen LogP contribution is 2.19. The molecule has 0 spiro atoms. The highest BCUT2D eigenvalue weighted by Gasteiger charge is 2.15. The Morgan fingerprint density at radius 2 is 1.78 bits per heavy atom. The van der Waals surface area contributed by atoms with Crippen LogP contribution in [0.15, 0.2) is 47.5 Å². The minimum absolute atomic E-state index is 0.258. The molecule has 1 aromatic carbocycles. The third kappa shape index (κ3) is 2.94. The Kier molecular flexibility index (Phi) is 3.85. The molecular formula is C17H19N3O2S. The molecule has 0 unspecified atom stereocenters. The molecule has 1 N–H and O–H groups in total. The summed E-state index contributed by atoms with van der Waals surface area (Å²) in [6.45, 7) is 5.92. The fraction of sp³-hybridized carbons (Fsp3) is 0.235. The first-order valence-corrected chi connectivity index (χ1v) is 8.96. The Balaban J connectivity index is 1.94. The predicted octanol–water partition coefficient (Wildman–Crippen LogP) is 3.31. The van der Waals surface area contributed by atoms with Crippen molar-refractivity contribution in [2.75, 3.05) is 4.72 Å². The van der Waals surface area contributed by atoms with Crippen LogP contribution in [0.5, 0.6) is 0 Å². The zero-order valence-corrected chi connectivity index (χ0v) is 14.2. The number of aromatic nitrogens is 2. The van der Waals surface area contributed by atoms with Gasteiger partial charge < -0.3 is 4.40 Å². The quantitative estimate of drug-likeness (QED) is 0.798. The number of aryl methyl sites for hydroxylation is 3. The molecule has 0 radical (unpaired) electrons. The Hall–Kier alpha value is -2.34.